The van der Waals surface area contributed by atoms with E-state index in [1.54, 1.807) is 31.4 Å². The number of carbonyl (C=O) groups is 4. The van der Waals surface area contributed by atoms with Crippen molar-refractivity contribution in [1.29, 1.82) is 0 Å². The predicted octanol–water partition coefficient (Wildman–Crippen LogP) is 5.17. The fraction of sp³-hybridized carbons (Fsp3) is 0.429. The van der Waals surface area contributed by atoms with Crippen LogP contribution in [0.4, 0.5) is 0 Å². The lowest BCUT2D eigenvalue weighted by Gasteiger charge is -2.29. The van der Waals surface area contributed by atoms with Crippen LogP contribution >= 0.6 is 11.8 Å². The van der Waals surface area contributed by atoms with Crippen molar-refractivity contribution in [3.8, 4) is 5.75 Å². The summed E-state index contributed by atoms with van der Waals surface area (Å²) in [6.07, 6.45) is 3.00. The number of ketones is 1. The Morgan fingerprint density at radius 3 is 2.29 bits per heavy atom. The van der Waals surface area contributed by atoms with Crippen LogP contribution < -0.4 is 15.4 Å². The number of amides is 2. The van der Waals surface area contributed by atoms with Crippen LogP contribution in [0.1, 0.15) is 55.5 Å². The number of rotatable bonds is 19. The van der Waals surface area contributed by atoms with E-state index in [-0.39, 0.29) is 48.9 Å². The first-order chi connectivity index (χ1) is 21.6. The van der Waals surface area contributed by atoms with Crippen LogP contribution in [0.3, 0.4) is 0 Å². The molecule has 0 fully saturated rings. The van der Waals surface area contributed by atoms with E-state index in [1.807, 2.05) is 53.6 Å². The summed E-state index contributed by atoms with van der Waals surface area (Å²) >= 11 is 1.53. The van der Waals surface area contributed by atoms with Crippen molar-refractivity contribution >= 4 is 46.1 Å². The highest BCUT2D eigenvalue weighted by atomic mass is 32.2. The molecule has 0 aliphatic heterocycles. The zero-order chi connectivity index (χ0) is 32.8. The number of aliphatic carboxylic acids is 1. The molecule has 0 spiro atoms. The SMILES string of the molecule is COc1ccc(C(=O)CCC(=O)NC(CC(C)C)CN(CC(=O)NC(CCSC)C(=O)O)Cc2cccc3ccccc23)cc1. The van der Waals surface area contributed by atoms with Gasteiger partial charge >= 0.3 is 5.97 Å². The molecular formula is C35H45N3O6S. The number of nitrogens with one attached hydrogen (secondary N) is 2. The van der Waals surface area contributed by atoms with Gasteiger partial charge in [0.15, 0.2) is 5.78 Å². The number of thioether (sulfide) groups is 1. The lowest BCUT2D eigenvalue weighted by atomic mass is 10.0. The summed E-state index contributed by atoms with van der Waals surface area (Å²) in [5.74, 6) is -0.290. The Balaban J connectivity index is 1.75. The molecule has 2 amide bonds. The fourth-order valence-corrected chi connectivity index (χ4v) is 5.77. The second-order valence-electron chi connectivity index (χ2n) is 11.6. The maximum absolute atomic E-state index is 13.2. The number of carbonyl (C=O) groups excluding carboxylic acids is 3. The van der Waals surface area contributed by atoms with Crippen molar-refractivity contribution < 1.29 is 29.0 Å². The van der Waals surface area contributed by atoms with E-state index in [2.05, 4.69) is 24.5 Å². The van der Waals surface area contributed by atoms with Crippen LogP contribution in [0.25, 0.3) is 10.8 Å². The molecule has 2 atom stereocenters. The van der Waals surface area contributed by atoms with E-state index < -0.39 is 12.0 Å². The second kappa shape index (κ2) is 18.2. The minimum atomic E-state index is -1.06. The van der Waals surface area contributed by atoms with Crippen LogP contribution in [0, 0.1) is 5.92 Å². The van der Waals surface area contributed by atoms with Gasteiger partial charge in [-0.15, -0.1) is 0 Å². The van der Waals surface area contributed by atoms with Gasteiger partial charge in [0.2, 0.25) is 11.8 Å². The molecule has 0 aliphatic carbocycles. The van der Waals surface area contributed by atoms with Crippen LogP contribution in [-0.4, -0.2) is 77.9 Å². The van der Waals surface area contributed by atoms with Gasteiger partial charge < -0.3 is 20.5 Å². The number of nitrogens with zero attached hydrogens (tertiary/aromatic N) is 1. The Morgan fingerprint density at radius 1 is 0.911 bits per heavy atom. The zero-order valence-corrected chi connectivity index (χ0v) is 27.4. The molecule has 0 saturated carbocycles. The topological polar surface area (TPSA) is 125 Å². The van der Waals surface area contributed by atoms with Crippen molar-refractivity contribution in [2.75, 3.05) is 32.2 Å². The molecule has 3 aromatic carbocycles. The molecule has 3 N–H and O–H groups in total. The van der Waals surface area contributed by atoms with E-state index in [1.165, 1.54) is 11.8 Å². The number of Topliss-reactive ketones (excluding diaryl/α,β-unsaturated/α-hetero) is 1. The third kappa shape index (κ3) is 11.9. The maximum atomic E-state index is 13.2. The molecule has 0 aliphatic rings. The van der Waals surface area contributed by atoms with Crippen molar-refractivity contribution in [3.05, 3.63) is 77.9 Å². The van der Waals surface area contributed by atoms with Gasteiger partial charge in [-0.05, 0) is 71.4 Å². The van der Waals surface area contributed by atoms with Gasteiger partial charge in [0.25, 0.3) is 0 Å². The van der Waals surface area contributed by atoms with Crippen molar-refractivity contribution in [2.24, 2.45) is 5.92 Å². The molecular weight excluding hydrogens is 590 g/mol. The molecule has 45 heavy (non-hydrogen) atoms. The highest BCUT2D eigenvalue weighted by Crippen LogP contribution is 2.21. The third-order valence-corrected chi connectivity index (χ3v) is 8.12. The number of benzene rings is 3. The van der Waals surface area contributed by atoms with Crippen molar-refractivity contribution in [3.63, 3.8) is 0 Å². The normalized spacial score (nSPS) is 12.6. The van der Waals surface area contributed by atoms with E-state index in [0.29, 0.717) is 43.0 Å². The Labute approximate surface area is 270 Å². The number of carboxylic acids is 1. The van der Waals surface area contributed by atoms with Crippen LogP contribution in [-0.2, 0) is 20.9 Å². The molecule has 0 heterocycles. The Bertz CT molecular complexity index is 1420. The van der Waals surface area contributed by atoms with E-state index in [4.69, 9.17) is 4.74 Å². The van der Waals surface area contributed by atoms with Crippen LogP contribution in [0.15, 0.2) is 66.7 Å². The summed E-state index contributed by atoms with van der Waals surface area (Å²) < 4.78 is 5.15. The minimum Gasteiger partial charge on any atom is -0.497 e. The first-order valence-corrected chi connectivity index (χ1v) is 16.7. The number of fused-ring (bicyclic) bond motifs is 1. The molecule has 2 unspecified atom stereocenters. The highest BCUT2D eigenvalue weighted by molar-refractivity contribution is 7.98. The second-order valence-corrected chi connectivity index (χ2v) is 12.6. The van der Waals surface area contributed by atoms with Gasteiger partial charge in [0, 0.05) is 37.5 Å². The molecule has 242 valence electrons. The molecule has 0 saturated heterocycles. The lowest BCUT2D eigenvalue weighted by molar-refractivity contribution is -0.142. The summed E-state index contributed by atoms with van der Waals surface area (Å²) in [7, 11) is 1.56. The van der Waals surface area contributed by atoms with Gasteiger partial charge in [-0.2, -0.15) is 11.8 Å². The van der Waals surface area contributed by atoms with Crippen LogP contribution in [0.5, 0.6) is 5.75 Å². The Hall–Kier alpha value is -3.89. The van der Waals surface area contributed by atoms with Gasteiger partial charge in [0.05, 0.1) is 13.7 Å². The Morgan fingerprint density at radius 2 is 1.62 bits per heavy atom. The summed E-state index contributed by atoms with van der Waals surface area (Å²) in [6, 6.07) is 19.6. The Kier molecular flexibility index (Phi) is 14.4. The molecule has 0 bridgehead atoms. The zero-order valence-electron chi connectivity index (χ0n) is 26.6. The van der Waals surface area contributed by atoms with E-state index in [9.17, 15) is 24.3 Å². The van der Waals surface area contributed by atoms with E-state index in [0.717, 1.165) is 16.3 Å². The summed E-state index contributed by atoms with van der Waals surface area (Å²) in [5, 5.41) is 17.6. The average molecular weight is 636 g/mol. The largest absolute Gasteiger partial charge is 0.497 e. The maximum Gasteiger partial charge on any atom is 0.326 e. The molecule has 3 rings (SSSR count). The quantitative estimate of drug-likeness (QED) is 0.154. The minimum absolute atomic E-state index is 0.0350. The summed E-state index contributed by atoms with van der Waals surface area (Å²) in [5.41, 5.74) is 1.55. The third-order valence-electron chi connectivity index (χ3n) is 7.48. The standard InChI is InChI=1S/C35H45N3O6S/c1-24(2)20-28(36-33(40)17-16-32(39)26-12-14-29(44-3)15-13-26)22-38(23-34(41)37-31(35(42)43)18-19-45-4)21-27-10-7-9-25-8-5-6-11-30(25)27/h5-15,24,28,31H,16-23H2,1-4H3,(H,36,40)(H,37,41)(H,42,43). The molecule has 3 aromatic rings. The van der Waals surface area contributed by atoms with E-state index >= 15 is 0 Å². The van der Waals surface area contributed by atoms with Gasteiger partial charge in [-0.1, -0.05) is 56.3 Å². The monoisotopic (exact) mass is 635 g/mol. The number of hydrogen-bond acceptors (Lipinski definition) is 7. The number of hydrogen-bond donors (Lipinski definition) is 3. The lowest BCUT2D eigenvalue weighted by Crippen LogP contribution is -2.49. The number of carboxylic acid groups (broad SMARTS) is 1. The fourth-order valence-electron chi connectivity index (χ4n) is 5.30. The number of methoxy groups -OCH3 is 1. The van der Waals surface area contributed by atoms with Crippen LogP contribution in [0.2, 0.25) is 0 Å². The van der Waals surface area contributed by atoms with Crippen molar-refractivity contribution in [1.82, 2.24) is 15.5 Å². The first-order valence-electron chi connectivity index (χ1n) is 15.3. The highest BCUT2D eigenvalue weighted by Gasteiger charge is 2.24. The molecule has 0 radical (unpaired) electrons. The average Bonchev–Trinajstić information content (AvgIpc) is 3.01. The molecule has 0 aromatic heterocycles. The van der Waals surface area contributed by atoms with Gasteiger partial charge in [0.1, 0.15) is 11.8 Å². The first kappa shape index (κ1) is 35.6. The molecule has 9 nitrogen and oxygen atoms in total. The van der Waals surface area contributed by atoms with Gasteiger partial charge in [-0.25, -0.2) is 4.79 Å². The van der Waals surface area contributed by atoms with Crippen molar-refractivity contribution in [2.45, 2.75) is 58.2 Å². The predicted molar refractivity (Wildman–Crippen MR) is 180 cm³/mol. The summed E-state index contributed by atoms with van der Waals surface area (Å²) in [6.45, 7) is 4.90. The number of ether oxygens (including phenoxy) is 1. The smallest absolute Gasteiger partial charge is 0.326 e. The molecule has 10 heteroatoms. The van der Waals surface area contributed by atoms with Gasteiger partial charge in [-0.3, -0.25) is 19.3 Å². The summed E-state index contributed by atoms with van der Waals surface area (Å²) in [4.78, 5) is 52.8.